The number of halogens is 1. The lowest BCUT2D eigenvalue weighted by Crippen LogP contribution is -2.33. The zero-order valence-electron chi connectivity index (χ0n) is 9.67. The maximum atomic E-state index is 12.8. The normalized spacial score (nSPS) is 11.8. The molecule has 0 spiro atoms. The highest BCUT2D eigenvalue weighted by Crippen LogP contribution is 2.16. The van der Waals surface area contributed by atoms with Gasteiger partial charge in [0.25, 0.3) is 5.91 Å². The minimum atomic E-state index is -1.20. The number of benzene rings is 1. The number of thiophene rings is 1. The lowest BCUT2D eigenvalue weighted by Gasteiger charge is -2.14. The third-order valence-electron chi connectivity index (χ3n) is 2.47. The van der Waals surface area contributed by atoms with E-state index >= 15 is 0 Å². The number of nitrogens with one attached hydrogen (secondary N) is 1. The van der Waals surface area contributed by atoms with Crippen LogP contribution in [0, 0.1) is 5.82 Å². The Hall–Kier alpha value is -2.21. The zero-order chi connectivity index (χ0) is 13.8. The summed E-state index contributed by atoms with van der Waals surface area (Å²) in [5, 5.41) is 13.3. The van der Waals surface area contributed by atoms with E-state index in [1.165, 1.54) is 23.5 Å². The quantitative estimate of drug-likeness (QED) is 0.903. The van der Waals surface area contributed by atoms with Gasteiger partial charge in [-0.05, 0) is 29.1 Å². The van der Waals surface area contributed by atoms with Gasteiger partial charge in [0.15, 0.2) is 6.04 Å². The summed E-state index contributed by atoms with van der Waals surface area (Å²) in [7, 11) is 0. The summed E-state index contributed by atoms with van der Waals surface area (Å²) >= 11 is 1.22. The summed E-state index contributed by atoms with van der Waals surface area (Å²) in [4.78, 5) is 23.4. The second kappa shape index (κ2) is 5.62. The molecule has 1 amide bonds. The summed E-state index contributed by atoms with van der Waals surface area (Å²) < 4.78 is 12.8. The maximum Gasteiger partial charge on any atom is 0.330 e. The third kappa shape index (κ3) is 3.17. The van der Waals surface area contributed by atoms with Crippen molar-refractivity contribution in [2.75, 3.05) is 0 Å². The van der Waals surface area contributed by atoms with Gasteiger partial charge in [-0.1, -0.05) is 18.2 Å². The highest BCUT2D eigenvalue weighted by atomic mass is 32.1. The zero-order valence-corrected chi connectivity index (χ0v) is 10.5. The van der Waals surface area contributed by atoms with Crippen molar-refractivity contribution in [2.24, 2.45) is 0 Å². The Labute approximate surface area is 112 Å². The van der Waals surface area contributed by atoms with Crippen LogP contribution in [0.5, 0.6) is 0 Å². The first-order valence-corrected chi connectivity index (χ1v) is 6.28. The fourth-order valence-corrected chi connectivity index (χ4v) is 2.18. The lowest BCUT2D eigenvalue weighted by atomic mass is 10.1. The van der Waals surface area contributed by atoms with Crippen LogP contribution in [0.1, 0.15) is 21.3 Å². The van der Waals surface area contributed by atoms with Crippen LogP contribution in [-0.4, -0.2) is 17.0 Å². The fourth-order valence-electron chi connectivity index (χ4n) is 1.55. The molecule has 2 aromatic rings. The number of carboxylic acids is 1. The molecule has 98 valence electrons. The molecule has 2 rings (SSSR count). The van der Waals surface area contributed by atoms with Crippen molar-refractivity contribution in [2.45, 2.75) is 6.04 Å². The Bertz CT molecular complexity index is 580. The standard InChI is InChI=1S/C13H10FNO3S/c14-9-5-3-8(4-6-9)11(13(17)18)15-12(16)10-2-1-7-19-10/h1-7,11H,(H,15,16)(H,17,18). The van der Waals surface area contributed by atoms with Gasteiger partial charge in [-0.15, -0.1) is 11.3 Å². The second-order valence-corrected chi connectivity index (χ2v) is 4.72. The highest BCUT2D eigenvalue weighted by Gasteiger charge is 2.22. The van der Waals surface area contributed by atoms with E-state index in [2.05, 4.69) is 5.32 Å². The Morgan fingerprint density at radius 1 is 1.21 bits per heavy atom. The minimum Gasteiger partial charge on any atom is -0.479 e. The van der Waals surface area contributed by atoms with Crippen molar-refractivity contribution in [3.63, 3.8) is 0 Å². The Kier molecular flexibility index (Phi) is 3.91. The van der Waals surface area contributed by atoms with Gasteiger partial charge in [0.1, 0.15) is 5.82 Å². The molecule has 1 heterocycles. The van der Waals surface area contributed by atoms with E-state index in [1.54, 1.807) is 17.5 Å². The molecular weight excluding hydrogens is 269 g/mol. The van der Waals surface area contributed by atoms with E-state index in [4.69, 9.17) is 5.11 Å². The molecule has 6 heteroatoms. The van der Waals surface area contributed by atoms with E-state index in [0.717, 1.165) is 12.1 Å². The predicted molar refractivity (Wildman–Crippen MR) is 68.6 cm³/mol. The number of hydrogen-bond acceptors (Lipinski definition) is 3. The summed E-state index contributed by atoms with van der Waals surface area (Å²) in [6.07, 6.45) is 0. The van der Waals surface area contributed by atoms with Crippen molar-refractivity contribution in [3.8, 4) is 0 Å². The van der Waals surface area contributed by atoms with Gasteiger partial charge in [0.05, 0.1) is 4.88 Å². The number of aliphatic carboxylic acids is 1. The van der Waals surface area contributed by atoms with E-state index in [1.807, 2.05) is 0 Å². The summed E-state index contributed by atoms with van der Waals surface area (Å²) in [5.74, 6) is -2.12. The number of carbonyl (C=O) groups is 2. The first-order valence-electron chi connectivity index (χ1n) is 5.40. The summed E-state index contributed by atoms with van der Waals surface area (Å²) in [6.45, 7) is 0. The Morgan fingerprint density at radius 2 is 1.89 bits per heavy atom. The number of hydrogen-bond donors (Lipinski definition) is 2. The molecule has 1 atom stereocenters. The minimum absolute atomic E-state index is 0.318. The molecule has 19 heavy (non-hydrogen) atoms. The number of amides is 1. The molecule has 2 N–H and O–H groups in total. The molecule has 0 radical (unpaired) electrons. The molecular formula is C13H10FNO3S. The van der Waals surface area contributed by atoms with Gasteiger partial charge < -0.3 is 10.4 Å². The van der Waals surface area contributed by atoms with Gasteiger partial charge in [-0.25, -0.2) is 9.18 Å². The van der Waals surface area contributed by atoms with Crippen LogP contribution in [0.3, 0.4) is 0 Å². The smallest absolute Gasteiger partial charge is 0.330 e. The van der Waals surface area contributed by atoms with Gasteiger partial charge >= 0.3 is 5.97 Å². The van der Waals surface area contributed by atoms with Crippen molar-refractivity contribution in [3.05, 3.63) is 58.0 Å². The summed E-state index contributed by atoms with van der Waals surface area (Å²) in [5.41, 5.74) is 0.318. The predicted octanol–water partition coefficient (Wildman–Crippen LogP) is 2.44. The van der Waals surface area contributed by atoms with Crippen LogP contribution in [0.2, 0.25) is 0 Å². The first kappa shape index (κ1) is 13.2. The Morgan fingerprint density at radius 3 is 2.42 bits per heavy atom. The van der Waals surface area contributed by atoms with Crippen LogP contribution >= 0.6 is 11.3 Å². The average molecular weight is 279 g/mol. The van der Waals surface area contributed by atoms with E-state index in [9.17, 15) is 14.0 Å². The number of carboxylic acid groups (broad SMARTS) is 1. The van der Waals surface area contributed by atoms with Crippen LogP contribution in [0.15, 0.2) is 41.8 Å². The molecule has 0 bridgehead atoms. The first-order chi connectivity index (χ1) is 9.08. The summed E-state index contributed by atoms with van der Waals surface area (Å²) in [6, 6.07) is 7.09. The molecule has 0 aliphatic carbocycles. The highest BCUT2D eigenvalue weighted by molar-refractivity contribution is 7.12. The number of carbonyl (C=O) groups excluding carboxylic acids is 1. The topological polar surface area (TPSA) is 66.4 Å². The monoisotopic (exact) mass is 279 g/mol. The van der Waals surface area contributed by atoms with Gasteiger partial charge in [0, 0.05) is 0 Å². The molecule has 0 fully saturated rings. The molecule has 1 aromatic carbocycles. The van der Waals surface area contributed by atoms with E-state index in [-0.39, 0.29) is 0 Å². The third-order valence-corrected chi connectivity index (χ3v) is 3.34. The molecule has 1 unspecified atom stereocenters. The largest absolute Gasteiger partial charge is 0.479 e. The molecule has 0 aliphatic heterocycles. The second-order valence-electron chi connectivity index (χ2n) is 3.77. The van der Waals surface area contributed by atoms with Crippen LogP contribution in [-0.2, 0) is 4.79 Å². The molecule has 0 saturated carbocycles. The van der Waals surface area contributed by atoms with Crippen molar-refractivity contribution in [1.29, 1.82) is 0 Å². The Balaban J connectivity index is 2.19. The lowest BCUT2D eigenvalue weighted by molar-refractivity contribution is -0.139. The van der Waals surface area contributed by atoms with E-state index in [0.29, 0.717) is 10.4 Å². The SMILES string of the molecule is O=C(NC(C(=O)O)c1ccc(F)cc1)c1cccs1. The van der Waals surface area contributed by atoms with Gasteiger partial charge in [-0.3, -0.25) is 4.79 Å². The van der Waals surface area contributed by atoms with Crippen molar-refractivity contribution >= 4 is 23.2 Å². The van der Waals surface area contributed by atoms with Crippen LogP contribution in [0.25, 0.3) is 0 Å². The van der Waals surface area contributed by atoms with Crippen LogP contribution in [0.4, 0.5) is 4.39 Å². The molecule has 4 nitrogen and oxygen atoms in total. The molecule has 0 saturated heterocycles. The van der Waals surface area contributed by atoms with Gasteiger partial charge in [-0.2, -0.15) is 0 Å². The van der Waals surface area contributed by atoms with Crippen molar-refractivity contribution in [1.82, 2.24) is 5.32 Å². The molecule has 0 aliphatic rings. The van der Waals surface area contributed by atoms with Gasteiger partial charge in [0.2, 0.25) is 0 Å². The fraction of sp³-hybridized carbons (Fsp3) is 0.0769. The van der Waals surface area contributed by atoms with Crippen LogP contribution < -0.4 is 5.32 Å². The van der Waals surface area contributed by atoms with E-state index < -0.39 is 23.7 Å². The van der Waals surface area contributed by atoms with Crippen molar-refractivity contribution < 1.29 is 19.1 Å². The number of rotatable bonds is 4. The molecule has 1 aromatic heterocycles. The maximum absolute atomic E-state index is 12.8. The average Bonchev–Trinajstić information content (AvgIpc) is 2.90.